The summed E-state index contributed by atoms with van der Waals surface area (Å²) in [4.78, 5) is 20.6. The molecule has 0 heterocycles. The Morgan fingerprint density at radius 2 is 1.31 bits per heavy atom. The first-order valence-electron chi connectivity index (χ1n) is 4.51. The first-order chi connectivity index (χ1) is 6.13. The summed E-state index contributed by atoms with van der Waals surface area (Å²) in [7, 11) is 0. The average Bonchev–Trinajstić information content (AvgIpc) is 2.01. The maximum absolute atomic E-state index is 10.3. The number of hydrogen-bond donors (Lipinski definition) is 2. The summed E-state index contributed by atoms with van der Waals surface area (Å²) < 4.78 is 0. The van der Waals surface area contributed by atoms with Gasteiger partial charge in [0, 0.05) is 12.8 Å². The summed E-state index contributed by atoms with van der Waals surface area (Å²) in [6.45, 7) is 0. The number of hydrogen-bond acceptors (Lipinski definition) is 2. The summed E-state index contributed by atoms with van der Waals surface area (Å²) in [5.74, 6) is -0.518. The molecule has 0 spiro atoms. The number of unbranched alkanes of at least 4 members (excludes halogenated alkanes) is 4. The molecule has 0 rings (SSSR count). The molecule has 0 saturated heterocycles. The van der Waals surface area contributed by atoms with Crippen molar-refractivity contribution in [2.75, 3.05) is 0 Å². The summed E-state index contributed by atoms with van der Waals surface area (Å²) in [5.41, 5.74) is 9.92. The Hall–Kier alpha value is -1.06. The molecule has 0 aromatic heterocycles. The van der Waals surface area contributed by atoms with Gasteiger partial charge in [-0.25, -0.2) is 0 Å². The van der Waals surface area contributed by atoms with Crippen LogP contribution in [0.15, 0.2) is 0 Å². The van der Waals surface area contributed by atoms with Crippen LogP contribution in [0, 0.1) is 6.42 Å². The lowest BCUT2D eigenvalue weighted by Gasteiger charge is -1.98. The van der Waals surface area contributed by atoms with Gasteiger partial charge in [-0.05, 0) is 32.1 Å². The van der Waals surface area contributed by atoms with Crippen LogP contribution in [0.1, 0.15) is 38.5 Å². The van der Waals surface area contributed by atoms with Gasteiger partial charge in [0.25, 0.3) is 0 Å². The zero-order valence-electron chi connectivity index (χ0n) is 7.79. The molecule has 0 saturated carbocycles. The van der Waals surface area contributed by atoms with Gasteiger partial charge in [-0.15, -0.1) is 0 Å². The van der Waals surface area contributed by atoms with Crippen molar-refractivity contribution in [2.24, 2.45) is 11.5 Å². The molecule has 0 bridgehead atoms. The van der Waals surface area contributed by atoms with Crippen molar-refractivity contribution in [1.29, 1.82) is 0 Å². The number of amides is 2. The van der Waals surface area contributed by atoms with Crippen molar-refractivity contribution in [2.45, 2.75) is 38.5 Å². The molecule has 4 N–H and O–H groups in total. The van der Waals surface area contributed by atoms with E-state index in [4.69, 9.17) is 11.5 Å². The lowest BCUT2D eigenvalue weighted by atomic mass is 10.1. The zero-order valence-corrected chi connectivity index (χ0v) is 7.79. The second-order valence-electron chi connectivity index (χ2n) is 3.01. The number of carbonyl (C=O) groups is 2. The molecule has 75 valence electrons. The minimum Gasteiger partial charge on any atom is -0.370 e. The second kappa shape index (κ2) is 7.58. The van der Waals surface area contributed by atoms with E-state index in [2.05, 4.69) is 6.42 Å². The molecule has 0 aromatic rings. The Morgan fingerprint density at radius 1 is 0.923 bits per heavy atom. The summed E-state index contributed by atoms with van der Waals surface area (Å²) in [6.07, 6.45) is 6.28. The SMILES string of the molecule is NC(=O)CCC[CH]CCCC(N)=O. The molecule has 0 fully saturated rings. The molecule has 4 heteroatoms. The molecule has 0 aliphatic heterocycles. The fraction of sp³-hybridized carbons (Fsp3) is 0.667. The van der Waals surface area contributed by atoms with E-state index in [1.807, 2.05) is 0 Å². The lowest BCUT2D eigenvalue weighted by Crippen LogP contribution is -2.10. The molecule has 1 radical (unpaired) electrons. The maximum atomic E-state index is 10.3. The van der Waals surface area contributed by atoms with E-state index >= 15 is 0 Å². The number of rotatable bonds is 8. The third kappa shape index (κ3) is 10.9. The molecule has 13 heavy (non-hydrogen) atoms. The van der Waals surface area contributed by atoms with Crippen LogP contribution in [0.25, 0.3) is 0 Å². The van der Waals surface area contributed by atoms with Crippen molar-refractivity contribution in [3.05, 3.63) is 6.42 Å². The van der Waals surface area contributed by atoms with E-state index in [9.17, 15) is 9.59 Å². The van der Waals surface area contributed by atoms with Gasteiger partial charge in [0.15, 0.2) is 0 Å². The molecule has 0 aromatic carbocycles. The second-order valence-corrected chi connectivity index (χ2v) is 3.01. The molecule has 0 aliphatic rings. The fourth-order valence-electron chi connectivity index (χ4n) is 0.986. The highest BCUT2D eigenvalue weighted by atomic mass is 16.1. The smallest absolute Gasteiger partial charge is 0.217 e. The Balaban J connectivity index is 3.00. The third-order valence-corrected chi connectivity index (χ3v) is 1.66. The minimum absolute atomic E-state index is 0.259. The van der Waals surface area contributed by atoms with Crippen LogP contribution in [0.5, 0.6) is 0 Å². The lowest BCUT2D eigenvalue weighted by molar-refractivity contribution is -0.118. The van der Waals surface area contributed by atoms with Gasteiger partial charge in [-0.3, -0.25) is 9.59 Å². The summed E-state index contributed by atoms with van der Waals surface area (Å²) in [5, 5.41) is 0. The normalized spacial score (nSPS) is 9.85. The summed E-state index contributed by atoms with van der Waals surface area (Å²) in [6, 6.07) is 0. The first-order valence-corrected chi connectivity index (χ1v) is 4.51. The van der Waals surface area contributed by atoms with Crippen molar-refractivity contribution in [3.8, 4) is 0 Å². The van der Waals surface area contributed by atoms with E-state index < -0.39 is 0 Å². The van der Waals surface area contributed by atoms with Crippen molar-refractivity contribution in [3.63, 3.8) is 0 Å². The standard InChI is InChI=1S/C9H17N2O2/c10-8(12)6-4-2-1-3-5-7-9(11)13/h1H,2-7H2,(H2,10,12)(H2,11,13). The Kier molecular flexibility index (Phi) is 6.96. The number of primary amides is 2. The van der Waals surface area contributed by atoms with Crippen molar-refractivity contribution in [1.82, 2.24) is 0 Å². The Labute approximate surface area is 78.7 Å². The quantitative estimate of drug-likeness (QED) is 0.539. The number of carbonyl (C=O) groups excluding carboxylic acids is 2. The van der Waals surface area contributed by atoms with E-state index in [0.29, 0.717) is 12.8 Å². The van der Waals surface area contributed by atoms with Crippen LogP contribution < -0.4 is 11.5 Å². The molecule has 0 unspecified atom stereocenters. The Morgan fingerprint density at radius 3 is 1.62 bits per heavy atom. The minimum atomic E-state index is -0.259. The van der Waals surface area contributed by atoms with Gasteiger partial charge >= 0.3 is 0 Å². The summed E-state index contributed by atoms with van der Waals surface area (Å²) >= 11 is 0. The highest BCUT2D eigenvalue weighted by Crippen LogP contribution is 2.05. The van der Waals surface area contributed by atoms with Crippen molar-refractivity contribution < 1.29 is 9.59 Å². The molecular weight excluding hydrogens is 168 g/mol. The molecule has 0 atom stereocenters. The van der Waals surface area contributed by atoms with Gasteiger partial charge in [-0.2, -0.15) is 0 Å². The fourth-order valence-corrected chi connectivity index (χ4v) is 0.986. The highest BCUT2D eigenvalue weighted by Gasteiger charge is 1.96. The topological polar surface area (TPSA) is 86.2 Å². The van der Waals surface area contributed by atoms with E-state index in [1.54, 1.807) is 0 Å². The van der Waals surface area contributed by atoms with E-state index in [-0.39, 0.29) is 11.8 Å². The van der Waals surface area contributed by atoms with Gasteiger partial charge in [0.1, 0.15) is 0 Å². The van der Waals surface area contributed by atoms with Crippen molar-refractivity contribution >= 4 is 11.8 Å². The van der Waals surface area contributed by atoms with E-state index in [1.165, 1.54) is 0 Å². The molecule has 2 amide bonds. The first kappa shape index (κ1) is 11.9. The number of nitrogens with two attached hydrogens (primary N) is 2. The van der Waals surface area contributed by atoms with Crippen LogP contribution in [-0.4, -0.2) is 11.8 Å². The van der Waals surface area contributed by atoms with Crippen LogP contribution in [0.4, 0.5) is 0 Å². The van der Waals surface area contributed by atoms with Gasteiger partial charge in [0.05, 0.1) is 0 Å². The van der Waals surface area contributed by atoms with Gasteiger partial charge in [-0.1, -0.05) is 0 Å². The predicted molar refractivity (Wildman–Crippen MR) is 50.4 cm³/mol. The highest BCUT2D eigenvalue weighted by molar-refractivity contribution is 5.73. The van der Waals surface area contributed by atoms with Gasteiger partial charge < -0.3 is 11.5 Å². The monoisotopic (exact) mass is 185 g/mol. The average molecular weight is 185 g/mol. The van der Waals surface area contributed by atoms with Crippen LogP contribution in [-0.2, 0) is 9.59 Å². The van der Waals surface area contributed by atoms with Gasteiger partial charge in [0.2, 0.25) is 11.8 Å². The van der Waals surface area contributed by atoms with Crippen LogP contribution in [0.2, 0.25) is 0 Å². The molecule has 0 aliphatic carbocycles. The predicted octanol–water partition coefficient (Wildman–Crippen LogP) is 0.502. The van der Waals surface area contributed by atoms with Crippen LogP contribution >= 0.6 is 0 Å². The largest absolute Gasteiger partial charge is 0.370 e. The van der Waals surface area contributed by atoms with Crippen LogP contribution in [0.3, 0.4) is 0 Å². The zero-order chi connectivity index (χ0) is 10.1. The maximum Gasteiger partial charge on any atom is 0.217 e. The molecule has 4 nitrogen and oxygen atoms in total. The molecular formula is C9H17N2O2. The third-order valence-electron chi connectivity index (χ3n) is 1.66. The van der Waals surface area contributed by atoms with E-state index in [0.717, 1.165) is 25.7 Å². The Bertz CT molecular complexity index is 151.